The standard InChI is InChI=1S/C10H14F4O/c1-5-2-6-3-7(5)8(4-6)9(11,15)10(12,13)14/h5-8,15H,2-4H2,1H3. The molecule has 0 amide bonds. The summed E-state index contributed by atoms with van der Waals surface area (Å²) in [6, 6.07) is 0. The molecule has 2 aliphatic carbocycles. The minimum Gasteiger partial charge on any atom is -0.355 e. The second-order valence-electron chi connectivity index (χ2n) is 4.99. The van der Waals surface area contributed by atoms with E-state index in [1.807, 2.05) is 6.92 Å². The molecule has 0 aliphatic heterocycles. The van der Waals surface area contributed by atoms with Gasteiger partial charge in [-0.3, -0.25) is 0 Å². The monoisotopic (exact) mass is 226 g/mol. The van der Waals surface area contributed by atoms with Crippen LogP contribution in [0.3, 0.4) is 0 Å². The van der Waals surface area contributed by atoms with E-state index in [-0.39, 0.29) is 24.2 Å². The lowest BCUT2D eigenvalue weighted by atomic mass is 9.77. The zero-order chi connectivity index (χ0) is 11.4. The summed E-state index contributed by atoms with van der Waals surface area (Å²) in [5.74, 6) is -5.31. The summed E-state index contributed by atoms with van der Waals surface area (Å²) in [6.45, 7) is 1.84. The molecule has 5 heteroatoms. The van der Waals surface area contributed by atoms with E-state index in [1.165, 1.54) is 0 Å². The lowest BCUT2D eigenvalue weighted by Gasteiger charge is -2.35. The molecule has 1 nitrogen and oxygen atoms in total. The molecule has 0 radical (unpaired) electrons. The molecule has 0 aromatic carbocycles. The van der Waals surface area contributed by atoms with Crippen LogP contribution in [0.1, 0.15) is 26.2 Å². The highest BCUT2D eigenvalue weighted by Gasteiger charge is 2.65. The van der Waals surface area contributed by atoms with Crippen molar-refractivity contribution in [2.24, 2.45) is 23.7 Å². The van der Waals surface area contributed by atoms with Crippen LogP contribution in [0.25, 0.3) is 0 Å². The second-order valence-corrected chi connectivity index (χ2v) is 4.99. The van der Waals surface area contributed by atoms with Gasteiger partial charge in [-0.05, 0) is 37.0 Å². The molecule has 2 bridgehead atoms. The van der Waals surface area contributed by atoms with Gasteiger partial charge in [-0.1, -0.05) is 6.92 Å². The van der Waals surface area contributed by atoms with Gasteiger partial charge in [0.25, 0.3) is 0 Å². The van der Waals surface area contributed by atoms with Crippen LogP contribution in [0.5, 0.6) is 0 Å². The van der Waals surface area contributed by atoms with E-state index in [0.717, 1.165) is 6.42 Å². The van der Waals surface area contributed by atoms with Gasteiger partial charge in [-0.2, -0.15) is 13.2 Å². The molecule has 0 heterocycles. The molecule has 5 unspecified atom stereocenters. The van der Waals surface area contributed by atoms with E-state index in [1.54, 1.807) is 0 Å². The number of hydrogen-bond acceptors (Lipinski definition) is 1. The van der Waals surface area contributed by atoms with Crippen molar-refractivity contribution < 1.29 is 22.7 Å². The first-order valence-electron chi connectivity index (χ1n) is 5.21. The Bertz CT molecular complexity index is 261. The van der Waals surface area contributed by atoms with Crippen LogP contribution >= 0.6 is 0 Å². The van der Waals surface area contributed by atoms with Crippen LogP contribution in [0.2, 0.25) is 0 Å². The normalized spacial score (nSPS) is 44.4. The van der Waals surface area contributed by atoms with Crippen LogP contribution in [-0.4, -0.2) is 17.1 Å². The molecular formula is C10H14F4O. The third-order valence-corrected chi connectivity index (χ3v) is 4.03. The van der Waals surface area contributed by atoms with Crippen molar-refractivity contribution in [3.63, 3.8) is 0 Å². The Morgan fingerprint density at radius 2 is 1.67 bits per heavy atom. The first kappa shape index (κ1) is 11.2. The number of halogens is 4. The molecule has 0 spiro atoms. The maximum Gasteiger partial charge on any atom is 0.448 e. The van der Waals surface area contributed by atoms with E-state index >= 15 is 0 Å². The average molecular weight is 226 g/mol. The first-order chi connectivity index (χ1) is 6.73. The van der Waals surface area contributed by atoms with Gasteiger partial charge >= 0.3 is 12.0 Å². The van der Waals surface area contributed by atoms with E-state index in [2.05, 4.69) is 0 Å². The number of alkyl halides is 4. The number of aliphatic hydroxyl groups is 1. The third kappa shape index (κ3) is 1.55. The molecule has 2 saturated carbocycles. The van der Waals surface area contributed by atoms with E-state index in [9.17, 15) is 17.6 Å². The van der Waals surface area contributed by atoms with Gasteiger partial charge in [0.15, 0.2) is 0 Å². The van der Waals surface area contributed by atoms with E-state index in [4.69, 9.17) is 5.11 Å². The maximum absolute atomic E-state index is 13.4. The van der Waals surface area contributed by atoms with Crippen molar-refractivity contribution in [1.82, 2.24) is 0 Å². The molecule has 0 aromatic heterocycles. The SMILES string of the molecule is CC1CC2CC1C(C(O)(F)C(F)(F)F)C2. The molecule has 2 fully saturated rings. The summed E-state index contributed by atoms with van der Waals surface area (Å²) >= 11 is 0. The molecule has 0 saturated heterocycles. The van der Waals surface area contributed by atoms with Crippen LogP contribution in [0.15, 0.2) is 0 Å². The van der Waals surface area contributed by atoms with Gasteiger partial charge in [0.05, 0.1) is 0 Å². The van der Waals surface area contributed by atoms with Crippen molar-refractivity contribution in [3.05, 3.63) is 0 Å². The quantitative estimate of drug-likeness (QED) is 0.681. The van der Waals surface area contributed by atoms with E-state index in [0.29, 0.717) is 6.42 Å². The fourth-order valence-electron chi connectivity index (χ4n) is 3.35. The maximum atomic E-state index is 13.4. The fraction of sp³-hybridized carbons (Fsp3) is 1.00. The van der Waals surface area contributed by atoms with Crippen LogP contribution in [0.4, 0.5) is 17.6 Å². The topological polar surface area (TPSA) is 20.2 Å². The summed E-state index contributed by atoms with van der Waals surface area (Å²) in [5.41, 5.74) is 0. The van der Waals surface area contributed by atoms with Crippen LogP contribution in [-0.2, 0) is 0 Å². The summed E-state index contributed by atoms with van der Waals surface area (Å²) in [6.07, 6.45) is -3.49. The summed E-state index contributed by atoms with van der Waals surface area (Å²) in [5, 5.41) is 9.00. The number of fused-ring (bicyclic) bond motifs is 2. The highest BCUT2D eigenvalue weighted by molar-refractivity contribution is 5.00. The molecule has 15 heavy (non-hydrogen) atoms. The Morgan fingerprint density at radius 1 is 1.07 bits per heavy atom. The average Bonchev–Trinajstić information content (AvgIpc) is 2.59. The Hall–Kier alpha value is -0.320. The van der Waals surface area contributed by atoms with Gasteiger partial charge in [0, 0.05) is 5.92 Å². The Kier molecular flexibility index (Phi) is 2.30. The van der Waals surface area contributed by atoms with Crippen molar-refractivity contribution >= 4 is 0 Å². The first-order valence-corrected chi connectivity index (χ1v) is 5.21. The van der Waals surface area contributed by atoms with Gasteiger partial charge in [0.2, 0.25) is 0 Å². The summed E-state index contributed by atoms with van der Waals surface area (Å²) in [4.78, 5) is 0. The number of hydrogen-bond donors (Lipinski definition) is 1. The predicted molar refractivity (Wildman–Crippen MR) is 45.6 cm³/mol. The molecule has 5 atom stereocenters. The lowest BCUT2D eigenvalue weighted by molar-refractivity contribution is -0.342. The van der Waals surface area contributed by atoms with Gasteiger partial charge in [0.1, 0.15) is 0 Å². The summed E-state index contributed by atoms with van der Waals surface area (Å²) < 4.78 is 50.3. The molecular weight excluding hydrogens is 212 g/mol. The second kappa shape index (κ2) is 3.09. The zero-order valence-corrected chi connectivity index (χ0v) is 8.39. The van der Waals surface area contributed by atoms with Crippen LogP contribution in [0, 0.1) is 23.7 Å². The Balaban J connectivity index is 2.19. The molecule has 0 aromatic rings. The minimum atomic E-state index is -5.16. The Labute approximate surface area is 85.5 Å². The lowest BCUT2D eigenvalue weighted by Crippen LogP contribution is -2.50. The highest BCUT2D eigenvalue weighted by Crippen LogP contribution is 2.58. The van der Waals surface area contributed by atoms with Crippen molar-refractivity contribution in [2.45, 2.75) is 38.2 Å². The molecule has 1 N–H and O–H groups in total. The number of rotatable bonds is 1. The fourth-order valence-corrected chi connectivity index (χ4v) is 3.35. The van der Waals surface area contributed by atoms with Gasteiger partial charge < -0.3 is 5.11 Å². The molecule has 88 valence electrons. The molecule has 2 aliphatic rings. The Morgan fingerprint density at radius 3 is 2.07 bits per heavy atom. The van der Waals surface area contributed by atoms with Crippen molar-refractivity contribution in [3.8, 4) is 0 Å². The van der Waals surface area contributed by atoms with Gasteiger partial charge in [-0.25, -0.2) is 4.39 Å². The largest absolute Gasteiger partial charge is 0.448 e. The zero-order valence-electron chi connectivity index (χ0n) is 8.39. The highest BCUT2D eigenvalue weighted by atomic mass is 19.4. The predicted octanol–water partition coefficient (Wildman–Crippen LogP) is 2.89. The van der Waals surface area contributed by atoms with E-state index < -0.39 is 17.9 Å². The molecule has 2 rings (SSSR count). The third-order valence-electron chi connectivity index (χ3n) is 4.03. The minimum absolute atomic E-state index is 0.0957. The van der Waals surface area contributed by atoms with Gasteiger partial charge in [-0.15, -0.1) is 0 Å². The van der Waals surface area contributed by atoms with Crippen molar-refractivity contribution in [2.75, 3.05) is 0 Å². The van der Waals surface area contributed by atoms with Crippen molar-refractivity contribution in [1.29, 1.82) is 0 Å². The smallest absolute Gasteiger partial charge is 0.355 e. The van der Waals surface area contributed by atoms with Crippen LogP contribution < -0.4 is 0 Å². The summed E-state index contributed by atoms with van der Waals surface area (Å²) in [7, 11) is 0.